The summed E-state index contributed by atoms with van der Waals surface area (Å²) in [5.74, 6) is 0.598. The van der Waals surface area contributed by atoms with E-state index in [2.05, 4.69) is 52.1 Å². The summed E-state index contributed by atoms with van der Waals surface area (Å²) in [5.41, 5.74) is 6.02. The lowest BCUT2D eigenvalue weighted by molar-refractivity contribution is -0.207. The van der Waals surface area contributed by atoms with Crippen LogP contribution in [0.5, 0.6) is 0 Å². The van der Waals surface area contributed by atoms with Crippen molar-refractivity contribution in [2.24, 2.45) is 39.7 Å². The van der Waals surface area contributed by atoms with Crippen molar-refractivity contribution in [3.05, 3.63) is 25.3 Å². The summed E-state index contributed by atoms with van der Waals surface area (Å²) in [6.07, 6.45) is 8.61. The Morgan fingerprint density at radius 3 is 2.60 bits per heavy atom. The van der Waals surface area contributed by atoms with Gasteiger partial charge in [0.25, 0.3) is 0 Å². The van der Waals surface area contributed by atoms with E-state index in [4.69, 9.17) is 10.5 Å². The number of ketones is 1. The third kappa shape index (κ3) is 6.04. The number of imidazole rings is 1. The molecule has 1 amide bonds. The molecule has 0 spiro atoms. The lowest BCUT2D eigenvalue weighted by Gasteiger charge is -2.61. The number of aliphatic hydroxyl groups excluding tert-OH is 1. The smallest absolute Gasteiger partial charge is 0.320 e. The van der Waals surface area contributed by atoms with Gasteiger partial charge >= 0.3 is 5.97 Å². The molecule has 7 rings (SSSR count). The molecule has 2 unspecified atom stereocenters. The molecule has 13 nitrogen and oxygen atoms in total. The van der Waals surface area contributed by atoms with Gasteiger partial charge in [-0.15, -0.1) is 6.58 Å². The Morgan fingerprint density at radius 2 is 1.88 bits per heavy atom. The van der Waals surface area contributed by atoms with E-state index in [1.54, 1.807) is 12.7 Å². The standard InChI is InChI=1S/C39H58N8O5/c1-7-37(5)18-29(38(6)24(2)8-12-39(26(4)34(37)51)13-9-28(48)33(38)39)52-31(50)21-44-16-17-47(25(3)19-44)30(49)11-15-46-23-43-32-35(41-22-42-36(32)46)45-14-10-27(40)20-45/h7,22-27,29,33-34,51H,1,8-21,40H2,2-6H3/t24-,25?,26+,27?,29-,33-,34+,37-,38+,39+/m1/s1. The summed E-state index contributed by atoms with van der Waals surface area (Å²) < 4.78 is 8.40. The van der Waals surface area contributed by atoms with E-state index < -0.39 is 23.0 Å². The molecule has 10 atom stereocenters. The second kappa shape index (κ2) is 13.8. The fourth-order valence-electron chi connectivity index (χ4n) is 11.0. The van der Waals surface area contributed by atoms with Crippen molar-refractivity contribution in [1.82, 2.24) is 29.3 Å². The second-order valence-corrected chi connectivity index (χ2v) is 17.3. The highest BCUT2D eigenvalue weighted by molar-refractivity contribution is 5.86. The highest BCUT2D eigenvalue weighted by atomic mass is 16.5. The maximum Gasteiger partial charge on any atom is 0.320 e. The van der Waals surface area contributed by atoms with Crippen molar-refractivity contribution < 1.29 is 24.2 Å². The number of carbonyl (C=O) groups excluding carboxylic acids is 3. The van der Waals surface area contributed by atoms with Crippen LogP contribution in [0.1, 0.15) is 79.6 Å². The van der Waals surface area contributed by atoms with Crippen molar-refractivity contribution in [2.45, 2.75) is 110 Å². The summed E-state index contributed by atoms with van der Waals surface area (Å²) >= 11 is 0. The third-order valence-electron chi connectivity index (χ3n) is 14.4. The van der Waals surface area contributed by atoms with Gasteiger partial charge < -0.3 is 29.9 Å². The molecule has 3 N–H and O–H groups in total. The molecule has 284 valence electrons. The number of aliphatic hydroxyl groups is 1. The van der Waals surface area contributed by atoms with Crippen molar-refractivity contribution in [2.75, 3.05) is 44.2 Å². The lowest BCUT2D eigenvalue weighted by Crippen LogP contribution is -2.63. The van der Waals surface area contributed by atoms with Crippen LogP contribution in [0.15, 0.2) is 25.3 Å². The monoisotopic (exact) mass is 718 g/mol. The molecule has 3 saturated carbocycles. The Balaban J connectivity index is 0.989. The summed E-state index contributed by atoms with van der Waals surface area (Å²) in [5, 5.41) is 11.8. The molecule has 2 bridgehead atoms. The Labute approximate surface area is 307 Å². The van der Waals surface area contributed by atoms with Crippen LogP contribution in [0.3, 0.4) is 0 Å². The van der Waals surface area contributed by atoms with E-state index in [1.165, 1.54) is 0 Å². The van der Waals surface area contributed by atoms with E-state index in [0.29, 0.717) is 51.1 Å². The fraction of sp³-hybridized carbons (Fsp3) is 0.744. The molecule has 2 aromatic heterocycles. The summed E-state index contributed by atoms with van der Waals surface area (Å²) in [7, 11) is 0. The summed E-state index contributed by atoms with van der Waals surface area (Å²) in [4.78, 5) is 60.7. The first-order valence-corrected chi connectivity index (χ1v) is 19.4. The molecule has 5 fully saturated rings. The molecule has 2 aliphatic heterocycles. The molecular formula is C39H58N8O5. The normalized spacial score (nSPS) is 38.2. The first-order valence-electron chi connectivity index (χ1n) is 19.4. The summed E-state index contributed by atoms with van der Waals surface area (Å²) in [6, 6.07) is 0.0339. The molecule has 0 aromatic carbocycles. The number of esters is 1. The number of ether oxygens (including phenoxy) is 1. The van der Waals surface area contributed by atoms with Gasteiger partial charge in [-0.25, -0.2) is 15.0 Å². The number of piperazine rings is 1. The minimum atomic E-state index is -0.698. The van der Waals surface area contributed by atoms with Crippen LogP contribution in [-0.2, 0) is 25.7 Å². The zero-order chi connectivity index (χ0) is 37.2. The van der Waals surface area contributed by atoms with Crippen molar-refractivity contribution in [3.63, 3.8) is 0 Å². The number of hydrogen-bond acceptors (Lipinski definition) is 11. The number of rotatable bonds is 8. The van der Waals surface area contributed by atoms with Crippen molar-refractivity contribution in [3.8, 4) is 0 Å². The predicted molar refractivity (Wildman–Crippen MR) is 197 cm³/mol. The molecule has 5 aliphatic rings. The van der Waals surface area contributed by atoms with Gasteiger partial charge in [0, 0.05) is 80.9 Å². The number of aromatic nitrogens is 4. The SMILES string of the molecule is C=C[C@]1(C)C[C@@H](OC(=O)CN2CCN(C(=O)CCn3cnc4c(N5CCC(N)C5)ncnc43)C(C)C2)[C@]2(C)[C@H](C)CC[C@]3(CCC(=O)[C@@H]32)[C@@H](C)[C@@H]1O. The molecule has 3 aliphatic carbocycles. The maximum atomic E-state index is 13.8. The van der Waals surface area contributed by atoms with Gasteiger partial charge in [0.2, 0.25) is 5.91 Å². The highest BCUT2D eigenvalue weighted by Crippen LogP contribution is 2.68. The minimum Gasteiger partial charge on any atom is -0.461 e. The van der Waals surface area contributed by atoms with Crippen LogP contribution in [0.2, 0.25) is 0 Å². The van der Waals surface area contributed by atoms with Crippen LogP contribution in [0, 0.1) is 34.0 Å². The van der Waals surface area contributed by atoms with Crippen LogP contribution < -0.4 is 10.6 Å². The van der Waals surface area contributed by atoms with Gasteiger partial charge in [-0.3, -0.25) is 19.3 Å². The van der Waals surface area contributed by atoms with Crippen LogP contribution in [-0.4, -0.2) is 116 Å². The molecule has 52 heavy (non-hydrogen) atoms. The van der Waals surface area contributed by atoms with Crippen LogP contribution >= 0.6 is 0 Å². The van der Waals surface area contributed by atoms with E-state index >= 15 is 0 Å². The number of carbonyl (C=O) groups is 3. The van der Waals surface area contributed by atoms with E-state index in [0.717, 1.165) is 50.1 Å². The number of amides is 1. The van der Waals surface area contributed by atoms with Crippen LogP contribution in [0.25, 0.3) is 11.2 Å². The Morgan fingerprint density at radius 1 is 1.10 bits per heavy atom. The van der Waals surface area contributed by atoms with Crippen molar-refractivity contribution >= 4 is 34.6 Å². The average Bonchev–Trinajstić information content (AvgIpc) is 3.84. The van der Waals surface area contributed by atoms with Crippen LogP contribution in [0.4, 0.5) is 5.82 Å². The van der Waals surface area contributed by atoms with E-state index in [-0.39, 0.29) is 59.5 Å². The number of anilines is 1. The fourth-order valence-corrected chi connectivity index (χ4v) is 11.0. The van der Waals surface area contributed by atoms with Gasteiger partial charge in [-0.2, -0.15) is 0 Å². The first kappa shape index (κ1) is 36.9. The zero-order valence-electron chi connectivity index (χ0n) is 31.7. The first-order chi connectivity index (χ1) is 24.7. The number of Topliss-reactive ketones (excluding diaryl/α,β-unsaturated/α-hetero) is 1. The summed E-state index contributed by atoms with van der Waals surface area (Å²) in [6.45, 7) is 18.4. The van der Waals surface area contributed by atoms with Gasteiger partial charge in [-0.1, -0.05) is 33.8 Å². The van der Waals surface area contributed by atoms with Gasteiger partial charge in [-0.05, 0) is 56.3 Å². The van der Waals surface area contributed by atoms with Gasteiger partial charge in [0.1, 0.15) is 18.2 Å². The predicted octanol–water partition coefficient (Wildman–Crippen LogP) is 3.19. The molecule has 4 heterocycles. The number of fused-ring (bicyclic) bond motifs is 1. The number of nitrogens with zero attached hydrogens (tertiary/aromatic N) is 7. The Kier molecular flexibility index (Phi) is 9.78. The highest BCUT2D eigenvalue weighted by Gasteiger charge is 2.68. The molecular weight excluding hydrogens is 660 g/mol. The molecule has 2 saturated heterocycles. The molecule has 2 aromatic rings. The minimum absolute atomic E-state index is 0.0475. The second-order valence-electron chi connectivity index (χ2n) is 17.3. The lowest BCUT2D eigenvalue weighted by atomic mass is 9.44. The maximum absolute atomic E-state index is 13.8. The average molecular weight is 719 g/mol. The number of nitrogens with two attached hydrogens (primary N) is 1. The Bertz CT molecular complexity index is 1720. The molecule has 0 radical (unpaired) electrons. The third-order valence-corrected chi connectivity index (χ3v) is 14.4. The largest absolute Gasteiger partial charge is 0.461 e. The Hall–Kier alpha value is -3.42. The molecule has 13 heteroatoms. The zero-order valence-corrected chi connectivity index (χ0v) is 31.7. The van der Waals surface area contributed by atoms with Gasteiger partial charge in [0.05, 0.1) is 19.0 Å². The topological polar surface area (TPSA) is 160 Å². The number of aryl methyl sites for hydroxylation is 1. The van der Waals surface area contributed by atoms with E-state index in [1.807, 2.05) is 29.4 Å². The van der Waals surface area contributed by atoms with E-state index in [9.17, 15) is 19.5 Å². The number of hydrogen-bond donors (Lipinski definition) is 2. The van der Waals surface area contributed by atoms with Crippen molar-refractivity contribution in [1.29, 1.82) is 0 Å². The van der Waals surface area contributed by atoms with Gasteiger partial charge in [0.15, 0.2) is 17.0 Å². The quantitative estimate of drug-likeness (QED) is 0.305.